The minimum Gasteiger partial charge on any atom is -0.495 e. The highest BCUT2D eigenvalue weighted by Crippen LogP contribution is 2.28. The molecule has 0 atom stereocenters. The minimum absolute atomic E-state index is 0.0526. The number of rotatable bonds is 9. The number of methoxy groups -OCH3 is 2. The number of carbonyl (C=O) groups is 4. The fourth-order valence-corrected chi connectivity index (χ4v) is 3.34. The number of amides is 3. The number of halogens is 1. The van der Waals surface area contributed by atoms with Crippen molar-refractivity contribution in [2.24, 2.45) is 0 Å². The monoisotopic (exact) mass is 460 g/mol. The summed E-state index contributed by atoms with van der Waals surface area (Å²) in [5.41, 5.74) is 0.720. The summed E-state index contributed by atoms with van der Waals surface area (Å²) in [6.07, 6.45) is 0.503. The van der Waals surface area contributed by atoms with Crippen LogP contribution >= 0.6 is 11.6 Å². The zero-order valence-corrected chi connectivity index (χ0v) is 18.2. The molecule has 0 unspecified atom stereocenters. The van der Waals surface area contributed by atoms with Gasteiger partial charge in [-0.1, -0.05) is 11.6 Å². The van der Waals surface area contributed by atoms with Gasteiger partial charge in [0.2, 0.25) is 0 Å². The van der Waals surface area contributed by atoms with Crippen LogP contribution in [0.3, 0.4) is 0 Å². The van der Waals surface area contributed by atoms with Gasteiger partial charge in [-0.3, -0.25) is 19.3 Å². The van der Waals surface area contributed by atoms with Crippen LogP contribution in [0.1, 0.15) is 37.5 Å². The number of ether oxygens (including phenoxy) is 3. The van der Waals surface area contributed by atoms with Crippen LogP contribution in [-0.2, 0) is 14.3 Å². The Morgan fingerprint density at radius 1 is 1.03 bits per heavy atom. The van der Waals surface area contributed by atoms with Crippen molar-refractivity contribution in [3.63, 3.8) is 0 Å². The summed E-state index contributed by atoms with van der Waals surface area (Å²) in [5.74, 6) is -1.92. The summed E-state index contributed by atoms with van der Waals surface area (Å²) >= 11 is 5.93. The van der Waals surface area contributed by atoms with Crippen molar-refractivity contribution in [1.82, 2.24) is 4.90 Å². The third-order valence-corrected chi connectivity index (χ3v) is 4.94. The molecule has 3 amide bonds. The first-order chi connectivity index (χ1) is 15.3. The van der Waals surface area contributed by atoms with Gasteiger partial charge in [-0.05, 0) is 42.8 Å². The van der Waals surface area contributed by atoms with E-state index in [1.54, 1.807) is 12.1 Å². The van der Waals surface area contributed by atoms with E-state index < -0.39 is 30.3 Å². The minimum atomic E-state index is -0.806. The van der Waals surface area contributed by atoms with Gasteiger partial charge in [-0.2, -0.15) is 0 Å². The first-order valence-electron chi connectivity index (χ1n) is 9.65. The van der Waals surface area contributed by atoms with Gasteiger partial charge in [0.15, 0.2) is 6.61 Å². The Balaban J connectivity index is 1.63. The molecule has 0 saturated heterocycles. The summed E-state index contributed by atoms with van der Waals surface area (Å²) in [6.45, 7) is 0.0583. The highest BCUT2D eigenvalue weighted by molar-refractivity contribution is 6.31. The Labute approximate surface area is 189 Å². The van der Waals surface area contributed by atoms with Crippen LogP contribution in [0.5, 0.6) is 5.75 Å². The molecular formula is C22H21ClN2O7. The molecule has 0 bridgehead atoms. The average molecular weight is 461 g/mol. The summed E-state index contributed by atoms with van der Waals surface area (Å²) < 4.78 is 15.1. The number of hydrogen-bond donors (Lipinski definition) is 1. The Morgan fingerprint density at radius 2 is 1.78 bits per heavy atom. The SMILES string of the molecule is COCCCN1C(=O)c2ccc(C(=O)OCC(=O)Nc3cc(Cl)ccc3OC)cc2C1=O. The van der Waals surface area contributed by atoms with Gasteiger partial charge in [-0.25, -0.2) is 4.79 Å². The smallest absolute Gasteiger partial charge is 0.338 e. The number of nitrogens with one attached hydrogen (secondary N) is 1. The molecule has 0 aromatic heterocycles. The normalized spacial score (nSPS) is 12.5. The fraction of sp³-hybridized carbons (Fsp3) is 0.273. The number of anilines is 1. The second kappa shape index (κ2) is 10.3. The molecular weight excluding hydrogens is 440 g/mol. The van der Waals surface area contributed by atoms with Crippen LogP contribution < -0.4 is 10.1 Å². The summed E-state index contributed by atoms with van der Waals surface area (Å²) in [6, 6.07) is 8.77. The van der Waals surface area contributed by atoms with Crippen LogP contribution in [0.2, 0.25) is 5.02 Å². The molecule has 1 heterocycles. The van der Waals surface area contributed by atoms with Crippen LogP contribution in [0, 0.1) is 0 Å². The fourth-order valence-electron chi connectivity index (χ4n) is 3.17. The molecule has 0 radical (unpaired) electrons. The number of esters is 1. The molecule has 0 aliphatic carbocycles. The zero-order chi connectivity index (χ0) is 23.3. The molecule has 9 nitrogen and oxygen atoms in total. The first-order valence-corrected chi connectivity index (χ1v) is 10.0. The zero-order valence-electron chi connectivity index (χ0n) is 17.5. The second-order valence-electron chi connectivity index (χ2n) is 6.84. The predicted molar refractivity (Wildman–Crippen MR) is 115 cm³/mol. The number of benzene rings is 2. The van der Waals surface area contributed by atoms with E-state index in [0.717, 1.165) is 4.90 Å². The maximum absolute atomic E-state index is 12.6. The predicted octanol–water partition coefficient (Wildman–Crippen LogP) is 2.78. The van der Waals surface area contributed by atoms with Crippen LogP contribution in [0.25, 0.3) is 0 Å². The molecule has 2 aromatic carbocycles. The van der Waals surface area contributed by atoms with E-state index in [1.165, 1.54) is 38.5 Å². The molecule has 168 valence electrons. The van der Waals surface area contributed by atoms with Gasteiger partial charge < -0.3 is 19.5 Å². The first kappa shape index (κ1) is 23.2. The van der Waals surface area contributed by atoms with Crippen molar-refractivity contribution < 1.29 is 33.4 Å². The molecule has 0 saturated carbocycles. The van der Waals surface area contributed by atoms with Crippen molar-refractivity contribution >= 4 is 41.0 Å². The van der Waals surface area contributed by atoms with E-state index in [9.17, 15) is 19.2 Å². The average Bonchev–Trinajstić information content (AvgIpc) is 3.02. The van der Waals surface area contributed by atoms with Gasteiger partial charge >= 0.3 is 5.97 Å². The van der Waals surface area contributed by atoms with E-state index in [1.807, 2.05) is 0 Å². The molecule has 0 fully saturated rings. The molecule has 1 aliphatic rings. The van der Waals surface area contributed by atoms with Gasteiger partial charge in [0.05, 0.1) is 29.5 Å². The number of hydrogen-bond acceptors (Lipinski definition) is 7. The number of imide groups is 1. The van der Waals surface area contributed by atoms with E-state index in [4.69, 9.17) is 25.8 Å². The Hall–Kier alpha value is -3.43. The van der Waals surface area contributed by atoms with Gasteiger partial charge in [0.1, 0.15) is 5.75 Å². The quantitative estimate of drug-likeness (QED) is 0.348. The largest absolute Gasteiger partial charge is 0.495 e. The maximum Gasteiger partial charge on any atom is 0.338 e. The number of carbonyl (C=O) groups excluding carboxylic acids is 4. The van der Waals surface area contributed by atoms with E-state index in [2.05, 4.69) is 5.32 Å². The molecule has 32 heavy (non-hydrogen) atoms. The maximum atomic E-state index is 12.6. The van der Waals surface area contributed by atoms with E-state index in [0.29, 0.717) is 29.5 Å². The molecule has 0 spiro atoms. The lowest BCUT2D eigenvalue weighted by molar-refractivity contribution is -0.119. The third kappa shape index (κ3) is 5.06. The molecule has 10 heteroatoms. The number of nitrogens with zero attached hydrogens (tertiary/aromatic N) is 1. The highest BCUT2D eigenvalue weighted by Gasteiger charge is 2.35. The topological polar surface area (TPSA) is 111 Å². The lowest BCUT2D eigenvalue weighted by atomic mass is 10.1. The van der Waals surface area contributed by atoms with Gasteiger partial charge in [0, 0.05) is 25.3 Å². The van der Waals surface area contributed by atoms with Crippen molar-refractivity contribution in [3.8, 4) is 5.75 Å². The summed E-state index contributed by atoms with van der Waals surface area (Å²) in [5, 5.41) is 2.95. The summed E-state index contributed by atoms with van der Waals surface area (Å²) in [7, 11) is 2.98. The lowest BCUT2D eigenvalue weighted by Gasteiger charge is -2.12. The Bertz CT molecular complexity index is 1070. The Morgan fingerprint density at radius 3 is 2.50 bits per heavy atom. The lowest BCUT2D eigenvalue weighted by Crippen LogP contribution is -2.31. The number of fused-ring (bicyclic) bond motifs is 1. The van der Waals surface area contributed by atoms with Crippen molar-refractivity contribution in [2.75, 3.05) is 39.3 Å². The highest BCUT2D eigenvalue weighted by atomic mass is 35.5. The molecule has 3 rings (SSSR count). The molecule has 1 N–H and O–H groups in total. The molecule has 2 aromatic rings. The van der Waals surface area contributed by atoms with Crippen molar-refractivity contribution in [2.45, 2.75) is 6.42 Å². The standard InChI is InChI=1S/C22H21ClN2O7/c1-30-9-3-8-25-20(27)15-6-4-13(10-16(15)21(25)28)22(29)32-12-19(26)24-17-11-14(23)5-7-18(17)31-2/h4-7,10-11H,3,8-9,12H2,1-2H3,(H,24,26). The van der Waals surface area contributed by atoms with E-state index in [-0.39, 0.29) is 23.2 Å². The van der Waals surface area contributed by atoms with Crippen molar-refractivity contribution in [3.05, 3.63) is 58.1 Å². The second-order valence-corrected chi connectivity index (χ2v) is 7.27. The van der Waals surface area contributed by atoms with Gasteiger partial charge in [-0.15, -0.1) is 0 Å². The van der Waals surface area contributed by atoms with Crippen LogP contribution in [-0.4, -0.2) is 62.6 Å². The van der Waals surface area contributed by atoms with Crippen molar-refractivity contribution in [1.29, 1.82) is 0 Å². The van der Waals surface area contributed by atoms with E-state index >= 15 is 0 Å². The van der Waals surface area contributed by atoms with Gasteiger partial charge in [0.25, 0.3) is 17.7 Å². The van der Waals surface area contributed by atoms with Crippen LogP contribution in [0.4, 0.5) is 5.69 Å². The molecule has 1 aliphatic heterocycles. The Kier molecular flexibility index (Phi) is 7.45. The van der Waals surface area contributed by atoms with Crippen LogP contribution in [0.15, 0.2) is 36.4 Å². The summed E-state index contributed by atoms with van der Waals surface area (Å²) in [4.78, 5) is 50.7. The third-order valence-electron chi connectivity index (χ3n) is 4.71.